The summed E-state index contributed by atoms with van der Waals surface area (Å²) in [4.78, 5) is 41.1. The molecule has 0 saturated carbocycles. The molecule has 0 radical (unpaired) electrons. The highest BCUT2D eigenvalue weighted by atomic mass is 35.5. The van der Waals surface area contributed by atoms with Crippen molar-refractivity contribution in [2.45, 2.75) is 19.4 Å². The molecule has 3 aromatic rings. The van der Waals surface area contributed by atoms with Crippen molar-refractivity contribution in [3.63, 3.8) is 0 Å². The summed E-state index contributed by atoms with van der Waals surface area (Å²) >= 11 is 7.24. The lowest BCUT2D eigenvalue weighted by molar-refractivity contribution is -0.135. The summed E-state index contributed by atoms with van der Waals surface area (Å²) in [5.41, 5.74) is 2.84. The largest absolute Gasteiger partial charge is 0.342 e. The van der Waals surface area contributed by atoms with Crippen molar-refractivity contribution in [2.75, 3.05) is 19.6 Å². The monoisotopic (exact) mass is 479 g/mol. The zero-order chi connectivity index (χ0) is 22.9. The molecule has 33 heavy (non-hydrogen) atoms. The Balaban J connectivity index is 1.43. The minimum Gasteiger partial charge on any atom is -0.342 e. The van der Waals surface area contributed by atoms with Crippen molar-refractivity contribution >= 4 is 57.4 Å². The molecular formula is C25H22ClN3O3S. The number of amides is 3. The fourth-order valence-electron chi connectivity index (χ4n) is 4.31. The summed E-state index contributed by atoms with van der Waals surface area (Å²) in [5, 5.41) is 1.27. The van der Waals surface area contributed by atoms with E-state index < -0.39 is 11.1 Å². The Morgan fingerprint density at radius 1 is 1.03 bits per heavy atom. The van der Waals surface area contributed by atoms with Gasteiger partial charge in [-0.15, -0.1) is 0 Å². The summed E-state index contributed by atoms with van der Waals surface area (Å²) in [6.07, 6.45) is 5.64. The van der Waals surface area contributed by atoms with Gasteiger partial charge in [-0.25, -0.2) is 0 Å². The Bertz CT molecular complexity index is 1290. The van der Waals surface area contributed by atoms with Gasteiger partial charge >= 0.3 is 0 Å². The van der Waals surface area contributed by atoms with Gasteiger partial charge in [0.1, 0.15) is 6.54 Å². The molecule has 0 atom stereocenters. The van der Waals surface area contributed by atoms with Crippen LogP contribution in [0.3, 0.4) is 0 Å². The number of para-hydroxylation sites is 1. The van der Waals surface area contributed by atoms with Crippen LogP contribution in [0.1, 0.15) is 24.0 Å². The number of nitrogens with zero attached hydrogens (tertiary/aromatic N) is 3. The van der Waals surface area contributed by atoms with E-state index in [1.807, 2.05) is 54.7 Å². The highest BCUT2D eigenvalue weighted by molar-refractivity contribution is 8.18. The Morgan fingerprint density at radius 3 is 2.55 bits per heavy atom. The molecule has 0 bridgehead atoms. The Labute approximate surface area is 200 Å². The minimum atomic E-state index is -0.416. The van der Waals surface area contributed by atoms with Crippen LogP contribution < -0.4 is 0 Å². The van der Waals surface area contributed by atoms with Crippen LogP contribution >= 0.6 is 23.4 Å². The molecule has 2 aromatic carbocycles. The maximum atomic E-state index is 13.0. The standard InChI is InChI=1S/C25H22ClN3O3S/c26-20-9-3-1-7-17(20)14-28-15-18(19-8-2-4-10-21(19)28)13-22-24(31)29(25(32)33-22)16-23(30)27-11-5-6-12-27/h1-4,7-10,13,15H,5-6,11-12,14,16H2/b22-13-. The van der Waals surface area contributed by atoms with E-state index >= 15 is 0 Å². The average molecular weight is 480 g/mol. The fraction of sp³-hybridized carbons (Fsp3) is 0.240. The molecule has 3 amide bonds. The van der Waals surface area contributed by atoms with Crippen LogP contribution in [0.4, 0.5) is 4.79 Å². The van der Waals surface area contributed by atoms with Crippen LogP contribution in [0.2, 0.25) is 5.02 Å². The van der Waals surface area contributed by atoms with Gasteiger partial charge < -0.3 is 9.47 Å². The van der Waals surface area contributed by atoms with Crippen molar-refractivity contribution in [3.05, 3.63) is 75.8 Å². The number of aromatic nitrogens is 1. The van der Waals surface area contributed by atoms with Crippen LogP contribution in [0.15, 0.2) is 59.6 Å². The summed E-state index contributed by atoms with van der Waals surface area (Å²) in [6, 6.07) is 15.6. The number of hydrogen-bond donors (Lipinski definition) is 0. The Hall–Kier alpha value is -3.03. The number of carbonyl (C=O) groups is 3. The number of thioether (sulfide) groups is 1. The third-order valence-corrected chi connectivity index (χ3v) is 7.31. The second-order valence-electron chi connectivity index (χ2n) is 8.18. The third-order valence-electron chi connectivity index (χ3n) is 6.03. The lowest BCUT2D eigenvalue weighted by atomic mass is 10.1. The first-order valence-corrected chi connectivity index (χ1v) is 12.0. The SMILES string of the molecule is O=C(CN1C(=O)S/C(=C\c2cn(Cc3ccccc3Cl)c3ccccc23)C1=O)N1CCCC1. The van der Waals surface area contributed by atoms with E-state index in [-0.39, 0.29) is 12.5 Å². The van der Waals surface area contributed by atoms with E-state index in [1.165, 1.54) is 0 Å². The van der Waals surface area contributed by atoms with Crippen LogP contribution in [0.25, 0.3) is 17.0 Å². The second kappa shape index (κ2) is 9.08. The third kappa shape index (κ3) is 4.30. The number of imide groups is 1. The van der Waals surface area contributed by atoms with Crippen molar-refractivity contribution in [1.82, 2.24) is 14.4 Å². The Kier molecular flexibility index (Phi) is 6.00. The van der Waals surface area contributed by atoms with Crippen molar-refractivity contribution in [2.24, 2.45) is 0 Å². The normalized spacial score (nSPS) is 17.7. The summed E-state index contributed by atoms with van der Waals surface area (Å²) < 4.78 is 2.09. The van der Waals surface area contributed by atoms with Gasteiger partial charge in [0.2, 0.25) is 5.91 Å². The number of benzene rings is 2. The smallest absolute Gasteiger partial charge is 0.294 e. The molecule has 0 N–H and O–H groups in total. The van der Waals surface area contributed by atoms with Gasteiger partial charge in [0.05, 0.1) is 4.91 Å². The molecular weight excluding hydrogens is 458 g/mol. The average Bonchev–Trinajstić information content (AvgIpc) is 3.52. The summed E-state index contributed by atoms with van der Waals surface area (Å²) in [7, 11) is 0. The van der Waals surface area contributed by atoms with Gasteiger partial charge in [-0.2, -0.15) is 0 Å². The minimum absolute atomic E-state index is 0.174. The molecule has 0 aliphatic carbocycles. The first-order valence-electron chi connectivity index (χ1n) is 10.9. The van der Waals surface area contributed by atoms with Crippen molar-refractivity contribution in [1.29, 1.82) is 0 Å². The van der Waals surface area contributed by atoms with Gasteiger partial charge in [0.25, 0.3) is 11.1 Å². The number of hydrogen-bond acceptors (Lipinski definition) is 4. The Morgan fingerprint density at radius 2 is 1.76 bits per heavy atom. The fourth-order valence-corrected chi connectivity index (χ4v) is 5.34. The van der Waals surface area contributed by atoms with Gasteiger partial charge in [-0.05, 0) is 48.4 Å². The summed E-state index contributed by atoms with van der Waals surface area (Å²) in [6.45, 7) is 1.77. The number of likely N-dealkylation sites (tertiary alicyclic amines) is 1. The number of halogens is 1. The molecule has 2 aliphatic rings. The number of fused-ring (bicyclic) bond motifs is 1. The maximum absolute atomic E-state index is 13.0. The highest BCUT2D eigenvalue weighted by Crippen LogP contribution is 2.34. The van der Waals surface area contributed by atoms with Crippen LogP contribution in [0, 0.1) is 0 Å². The van der Waals surface area contributed by atoms with Crippen LogP contribution in [-0.2, 0) is 16.1 Å². The predicted octanol–water partition coefficient (Wildman–Crippen LogP) is 5.00. The van der Waals surface area contributed by atoms with E-state index in [1.54, 1.807) is 11.0 Å². The number of carbonyl (C=O) groups excluding carboxylic acids is 3. The van der Waals surface area contributed by atoms with Gasteiger partial charge in [-0.3, -0.25) is 19.3 Å². The zero-order valence-electron chi connectivity index (χ0n) is 17.9. The molecule has 1 aromatic heterocycles. The van der Waals surface area contributed by atoms with Crippen molar-refractivity contribution < 1.29 is 14.4 Å². The van der Waals surface area contributed by atoms with E-state index in [2.05, 4.69) is 4.57 Å². The van der Waals surface area contributed by atoms with E-state index in [0.29, 0.717) is 29.6 Å². The van der Waals surface area contributed by atoms with Gasteiger partial charge in [-0.1, -0.05) is 48.0 Å². The summed E-state index contributed by atoms with van der Waals surface area (Å²) in [5.74, 6) is -0.590. The first-order chi connectivity index (χ1) is 16.0. The molecule has 8 heteroatoms. The predicted molar refractivity (Wildman–Crippen MR) is 131 cm³/mol. The molecule has 0 spiro atoms. The second-order valence-corrected chi connectivity index (χ2v) is 9.58. The van der Waals surface area contributed by atoms with Crippen LogP contribution in [-0.4, -0.2) is 51.1 Å². The molecule has 3 heterocycles. The molecule has 0 unspecified atom stereocenters. The molecule has 168 valence electrons. The molecule has 2 aliphatic heterocycles. The lowest BCUT2D eigenvalue weighted by Crippen LogP contribution is -2.40. The van der Waals surface area contributed by atoms with Gasteiger partial charge in [0, 0.05) is 47.3 Å². The molecule has 2 saturated heterocycles. The number of rotatable bonds is 5. The molecule has 5 rings (SSSR count). The lowest BCUT2D eigenvalue weighted by Gasteiger charge is -2.18. The topological polar surface area (TPSA) is 62.6 Å². The molecule has 2 fully saturated rings. The molecule has 6 nitrogen and oxygen atoms in total. The zero-order valence-corrected chi connectivity index (χ0v) is 19.4. The van der Waals surface area contributed by atoms with E-state index in [0.717, 1.165) is 51.5 Å². The van der Waals surface area contributed by atoms with Gasteiger partial charge in [0.15, 0.2) is 0 Å². The quantitative estimate of drug-likeness (QED) is 0.483. The maximum Gasteiger partial charge on any atom is 0.294 e. The van der Waals surface area contributed by atoms with E-state index in [9.17, 15) is 14.4 Å². The van der Waals surface area contributed by atoms with Crippen LogP contribution in [0.5, 0.6) is 0 Å². The highest BCUT2D eigenvalue weighted by Gasteiger charge is 2.37. The van der Waals surface area contributed by atoms with E-state index in [4.69, 9.17) is 11.6 Å². The first kappa shape index (κ1) is 21.8. The van der Waals surface area contributed by atoms with Crippen molar-refractivity contribution in [3.8, 4) is 0 Å².